The van der Waals surface area contributed by atoms with Crippen molar-refractivity contribution >= 4 is 21.7 Å². The van der Waals surface area contributed by atoms with Crippen LogP contribution in [0.2, 0.25) is 0 Å². The van der Waals surface area contributed by atoms with E-state index in [9.17, 15) is 4.79 Å². The van der Waals surface area contributed by atoms with Crippen LogP contribution in [0.1, 0.15) is 32.4 Å². The van der Waals surface area contributed by atoms with E-state index in [1.54, 1.807) is 24.0 Å². The molecule has 0 aliphatic carbocycles. The number of ether oxygens (including phenoxy) is 1. The summed E-state index contributed by atoms with van der Waals surface area (Å²) in [6, 6.07) is 7.81. The summed E-state index contributed by atoms with van der Waals surface area (Å²) >= 11 is 0. The van der Waals surface area contributed by atoms with Crippen molar-refractivity contribution in [2.24, 2.45) is 13.0 Å². The lowest BCUT2D eigenvalue weighted by molar-refractivity contribution is 0.297. The smallest absolute Gasteiger partial charge is 0.260 e. The Morgan fingerprint density at radius 1 is 1.17 bits per heavy atom. The van der Waals surface area contributed by atoms with Crippen LogP contribution in [0.4, 0.5) is 0 Å². The molecule has 0 amide bonds. The minimum atomic E-state index is -0.0457. The van der Waals surface area contributed by atoms with Gasteiger partial charge in [0.1, 0.15) is 11.4 Å². The highest BCUT2D eigenvalue weighted by Gasteiger charge is 2.16. The molecule has 3 aromatic heterocycles. The first-order valence-electron chi connectivity index (χ1n) is 10.0. The van der Waals surface area contributed by atoms with Crippen molar-refractivity contribution in [3.05, 3.63) is 58.9 Å². The summed E-state index contributed by atoms with van der Waals surface area (Å²) in [6.07, 6.45) is 7.50. The van der Waals surface area contributed by atoms with Crippen molar-refractivity contribution in [2.75, 3.05) is 6.61 Å². The molecule has 0 saturated heterocycles. The van der Waals surface area contributed by atoms with Crippen molar-refractivity contribution in [3.8, 4) is 11.4 Å². The number of hydrogen-bond donors (Lipinski definition) is 0. The zero-order valence-corrected chi connectivity index (χ0v) is 17.3. The fraction of sp³-hybridized carbons (Fsp3) is 0.348. The van der Waals surface area contributed by atoms with Crippen molar-refractivity contribution in [3.63, 3.8) is 0 Å². The Morgan fingerprint density at radius 2 is 2.00 bits per heavy atom. The van der Waals surface area contributed by atoms with Crippen LogP contribution >= 0.6 is 0 Å². The SMILES string of the molecule is Cc1nccc2c1c(=O)n(C)c1cc(OCCCC(C)C)c(-n3cccn3)cc21. The fourth-order valence-corrected chi connectivity index (χ4v) is 3.77. The molecule has 0 radical (unpaired) electrons. The Hall–Kier alpha value is -3.15. The van der Waals surface area contributed by atoms with Crippen LogP contribution in [-0.2, 0) is 7.05 Å². The third-order valence-electron chi connectivity index (χ3n) is 5.32. The number of pyridine rings is 2. The van der Waals surface area contributed by atoms with Crippen LogP contribution in [-0.4, -0.2) is 25.9 Å². The highest BCUT2D eigenvalue weighted by atomic mass is 16.5. The molecule has 0 bridgehead atoms. The van der Waals surface area contributed by atoms with Crippen LogP contribution in [0, 0.1) is 12.8 Å². The lowest BCUT2D eigenvalue weighted by atomic mass is 10.0. The van der Waals surface area contributed by atoms with Gasteiger partial charge in [0.25, 0.3) is 5.56 Å². The molecule has 3 heterocycles. The summed E-state index contributed by atoms with van der Waals surface area (Å²) < 4.78 is 9.65. The second kappa shape index (κ2) is 7.70. The van der Waals surface area contributed by atoms with Gasteiger partial charge in [-0.25, -0.2) is 4.68 Å². The summed E-state index contributed by atoms with van der Waals surface area (Å²) in [5, 5.41) is 6.93. The second-order valence-corrected chi connectivity index (χ2v) is 7.86. The summed E-state index contributed by atoms with van der Waals surface area (Å²) in [6.45, 7) is 6.92. The molecule has 0 unspecified atom stereocenters. The minimum absolute atomic E-state index is 0.0457. The fourth-order valence-electron chi connectivity index (χ4n) is 3.77. The molecule has 0 saturated carbocycles. The van der Waals surface area contributed by atoms with Crippen molar-refractivity contribution < 1.29 is 4.74 Å². The Bertz CT molecular complexity index is 1220. The van der Waals surface area contributed by atoms with E-state index in [1.165, 1.54) is 0 Å². The highest BCUT2D eigenvalue weighted by Crippen LogP contribution is 2.32. The van der Waals surface area contributed by atoms with E-state index >= 15 is 0 Å². The van der Waals surface area contributed by atoms with E-state index in [1.807, 2.05) is 36.0 Å². The van der Waals surface area contributed by atoms with E-state index in [4.69, 9.17) is 4.74 Å². The molecule has 1 aromatic carbocycles. The van der Waals surface area contributed by atoms with Gasteiger partial charge >= 0.3 is 0 Å². The maximum atomic E-state index is 13.0. The molecular formula is C23H26N4O2. The molecule has 6 heteroatoms. The zero-order valence-electron chi connectivity index (χ0n) is 17.3. The first-order valence-corrected chi connectivity index (χ1v) is 10.0. The maximum Gasteiger partial charge on any atom is 0.260 e. The van der Waals surface area contributed by atoms with E-state index in [0.29, 0.717) is 17.9 Å². The van der Waals surface area contributed by atoms with Gasteiger partial charge in [-0.2, -0.15) is 5.10 Å². The predicted molar refractivity (Wildman–Crippen MR) is 116 cm³/mol. The van der Waals surface area contributed by atoms with E-state index in [-0.39, 0.29) is 5.56 Å². The van der Waals surface area contributed by atoms with Crippen LogP contribution in [0.15, 0.2) is 47.7 Å². The van der Waals surface area contributed by atoms with Gasteiger partial charge in [-0.15, -0.1) is 0 Å². The third kappa shape index (κ3) is 3.50. The molecule has 6 nitrogen and oxygen atoms in total. The molecule has 0 spiro atoms. The molecule has 29 heavy (non-hydrogen) atoms. The Labute approximate surface area is 169 Å². The second-order valence-electron chi connectivity index (χ2n) is 7.86. The average Bonchev–Trinajstić information content (AvgIpc) is 3.23. The standard InChI is InChI=1S/C23H26N4O2/c1-15(2)7-5-12-29-21-14-19-18(13-20(21)27-11-6-9-25-27)17-8-10-24-16(3)22(17)23(28)26(19)4/h6,8-11,13-15H,5,7,12H2,1-4H3. The summed E-state index contributed by atoms with van der Waals surface area (Å²) in [4.78, 5) is 17.3. The first kappa shape index (κ1) is 19.2. The van der Waals surface area contributed by atoms with Gasteiger partial charge in [0.15, 0.2) is 0 Å². The maximum absolute atomic E-state index is 13.0. The molecule has 0 N–H and O–H groups in total. The minimum Gasteiger partial charge on any atom is -0.491 e. The lowest BCUT2D eigenvalue weighted by Crippen LogP contribution is -2.19. The van der Waals surface area contributed by atoms with Crippen LogP contribution in [0.3, 0.4) is 0 Å². The van der Waals surface area contributed by atoms with E-state index in [2.05, 4.69) is 30.0 Å². The number of aryl methyl sites for hydroxylation is 2. The van der Waals surface area contributed by atoms with Gasteiger partial charge < -0.3 is 9.30 Å². The topological polar surface area (TPSA) is 61.9 Å². The number of benzene rings is 1. The largest absolute Gasteiger partial charge is 0.491 e. The van der Waals surface area contributed by atoms with Crippen LogP contribution < -0.4 is 10.3 Å². The molecular weight excluding hydrogens is 364 g/mol. The van der Waals surface area contributed by atoms with Crippen molar-refractivity contribution in [1.82, 2.24) is 19.3 Å². The van der Waals surface area contributed by atoms with E-state index in [0.717, 1.165) is 46.3 Å². The molecule has 0 fully saturated rings. The summed E-state index contributed by atoms with van der Waals surface area (Å²) in [5.41, 5.74) is 2.39. The van der Waals surface area contributed by atoms with Crippen LogP contribution in [0.25, 0.3) is 27.4 Å². The Morgan fingerprint density at radius 3 is 2.72 bits per heavy atom. The van der Waals surface area contributed by atoms with Gasteiger partial charge in [0, 0.05) is 37.1 Å². The van der Waals surface area contributed by atoms with Crippen molar-refractivity contribution in [2.45, 2.75) is 33.6 Å². The number of nitrogens with zero attached hydrogens (tertiary/aromatic N) is 4. The van der Waals surface area contributed by atoms with Crippen molar-refractivity contribution in [1.29, 1.82) is 0 Å². The number of aromatic nitrogens is 4. The number of fused-ring (bicyclic) bond motifs is 3. The summed E-state index contributed by atoms with van der Waals surface area (Å²) in [7, 11) is 1.80. The van der Waals surface area contributed by atoms with Gasteiger partial charge in [-0.3, -0.25) is 9.78 Å². The summed E-state index contributed by atoms with van der Waals surface area (Å²) in [5.74, 6) is 1.37. The monoisotopic (exact) mass is 390 g/mol. The normalized spacial score (nSPS) is 11.6. The Balaban J connectivity index is 1.93. The van der Waals surface area contributed by atoms with Gasteiger partial charge in [0.05, 0.1) is 23.2 Å². The quantitative estimate of drug-likeness (QED) is 0.362. The molecule has 0 atom stereocenters. The molecule has 0 aliphatic heterocycles. The van der Waals surface area contributed by atoms with Crippen LogP contribution in [0.5, 0.6) is 5.75 Å². The number of hydrogen-bond acceptors (Lipinski definition) is 4. The molecule has 0 aliphatic rings. The Kier molecular flexibility index (Phi) is 5.09. The molecule has 4 rings (SSSR count). The highest BCUT2D eigenvalue weighted by molar-refractivity contribution is 6.07. The molecule has 150 valence electrons. The number of rotatable bonds is 6. The first-order chi connectivity index (χ1) is 14.0. The van der Waals surface area contributed by atoms with E-state index < -0.39 is 0 Å². The van der Waals surface area contributed by atoms with Gasteiger partial charge in [-0.05, 0) is 49.3 Å². The zero-order chi connectivity index (χ0) is 20.5. The predicted octanol–water partition coefficient (Wildman–Crippen LogP) is 4.40. The average molecular weight is 390 g/mol. The lowest BCUT2D eigenvalue weighted by Gasteiger charge is -2.16. The van der Waals surface area contributed by atoms with Gasteiger partial charge in [-0.1, -0.05) is 13.8 Å². The van der Waals surface area contributed by atoms with Gasteiger partial charge in [0.2, 0.25) is 0 Å². The third-order valence-corrected chi connectivity index (χ3v) is 5.32. The molecule has 4 aromatic rings.